The molecular weight excluding hydrogens is 672 g/mol. The maximum atomic E-state index is 14.2. The molecule has 3 heterocycles. The largest absolute Gasteiger partial charge is 0.368 e. The van der Waals surface area contributed by atoms with Crippen LogP contribution in [0.25, 0.3) is 22.5 Å². The highest BCUT2D eigenvalue weighted by Gasteiger charge is 2.36. The molecule has 2 aromatic carbocycles. The van der Waals surface area contributed by atoms with E-state index < -0.39 is 23.9 Å². The van der Waals surface area contributed by atoms with E-state index in [1.54, 1.807) is 35.2 Å². The van der Waals surface area contributed by atoms with E-state index >= 15 is 0 Å². The monoisotopic (exact) mass is 714 g/mol. The number of H-pyrrole nitrogens is 1. The van der Waals surface area contributed by atoms with Crippen LogP contribution in [0.2, 0.25) is 0 Å². The molecular formula is C36H43ClN10O4. The minimum absolute atomic E-state index is 0. The molecule has 1 saturated carbocycles. The van der Waals surface area contributed by atoms with Crippen molar-refractivity contribution in [1.29, 1.82) is 0 Å². The van der Waals surface area contributed by atoms with Gasteiger partial charge in [-0.3, -0.25) is 24.1 Å². The van der Waals surface area contributed by atoms with Crippen LogP contribution in [0.3, 0.4) is 0 Å². The number of carbonyl (C=O) groups is 4. The third kappa shape index (κ3) is 8.58. The van der Waals surface area contributed by atoms with Crippen molar-refractivity contribution in [2.24, 2.45) is 23.3 Å². The number of hydrogen-bond acceptors (Lipinski definition) is 9. The molecule has 1 saturated heterocycles. The summed E-state index contributed by atoms with van der Waals surface area (Å²) in [5.74, 6) is -0.771. The van der Waals surface area contributed by atoms with E-state index in [2.05, 4.69) is 36.2 Å². The highest BCUT2D eigenvalue weighted by atomic mass is 35.5. The van der Waals surface area contributed by atoms with Crippen molar-refractivity contribution in [1.82, 2.24) is 36.2 Å². The van der Waals surface area contributed by atoms with Crippen LogP contribution in [0.1, 0.15) is 60.3 Å². The lowest BCUT2D eigenvalue weighted by molar-refractivity contribution is -0.127. The molecule has 0 radical (unpaired) electrons. The van der Waals surface area contributed by atoms with E-state index in [0.29, 0.717) is 61.0 Å². The van der Waals surface area contributed by atoms with Gasteiger partial charge < -0.3 is 22.1 Å². The Labute approximate surface area is 301 Å². The molecule has 4 aromatic rings. The van der Waals surface area contributed by atoms with Gasteiger partial charge in [-0.2, -0.15) is 5.21 Å². The second-order valence-corrected chi connectivity index (χ2v) is 13.1. The van der Waals surface area contributed by atoms with Gasteiger partial charge in [0.05, 0.1) is 0 Å². The van der Waals surface area contributed by atoms with Crippen LogP contribution in [0.15, 0.2) is 60.7 Å². The number of benzene rings is 2. The summed E-state index contributed by atoms with van der Waals surface area (Å²) in [5, 5.41) is 19.7. The van der Waals surface area contributed by atoms with Crippen molar-refractivity contribution >= 4 is 41.7 Å². The molecule has 4 amide bonds. The molecule has 2 atom stereocenters. The van der Waals surface area contributed by atoms with Crippen molar-refractivity contribution in [2.75, 3.05) is 18.0 Å². The van der Waals surface area contributed by atoms with Gasteiger partial charge in [-0.05, 0) is 105 Å². The number of piperidine rings is 1. The van der Waals surface area contributed by atoms with Crippen LogP contribution in [0.5, 0.6) is 0 Å². The summed E-state index contributed by atoms with van der Waals surface area (Å²) >= 11 is 0. The number of nitrogens with one attached hydrogen (secondary N) is 3. The summed E-state index contributed by atoms with van der Waals surface area (Å²) in [6.07, 6.45) is 4.71. The van der Waals surface area contributed by atoms with Crippen molar-refractivity contribution < 1.29 is 19.2 Å². The lowest BCUT2D eigenvalue weighted by atomic mass is 9.81. The standard InChI is InChI=1S/C36H42N10O4.ClH/c1-21-28(16-17-30(40-21)35(49)41-29-3-2-18-39-34(29)48)24-8-4-22(5-9-24)19-31(32(38)47)46(36(50)26-10-6-23(20-37)7-11-26)27-14-12-25(13-15-27)33-42-44-45-43-33;/h4-5,8-9,12-17,23,26,29,31H,2-3,6-7,10-11,18-20,37H2,1H3,(H2,38,47)(H,39,48)(H,41,49)(H,42,43,44,45);1H/t23?,26?,29-,31-;/m0./s1. The first kappa shape index (κ1) is 37.1. The van der Waals surface area contributed by atoms with E-state index in [1.807, 2.05) is 37.3 Å². The van der Waals surface area contributed by atoms with Gasteiger partial charge in [0, 0.05) is 41.4 Å². The Balaban J connectivity index is 0.00000504. The molecule has 1 aliphatic carbocycles. The number of rotatable bonds is 11. The van der Waals surface area contributed by atoms with E-state index in [1.165, 1.54) is 0 Å². The number of aromatic amines is 1. The average molecular weight is 715 g/mol. The smallest absolute Gasteiger partial charge is 0.270 e. The first-order valence-electron chi connectivity index (χ1n) is 17.0. The quantitative estimate of drug-likeness (QED) is 0.154. The second kappa shape index (κ2) is 16.7. The molecule has 0 unspecified atom stereocenters. The number of carbonyl (C=O) groups excluding carboxylic acids is 4. The zero-order chi connectivity index (χ0) is 35.2. The van der Waals surface area contributed by atoms with Crippen LogP contribution >= 0.6 is 12.4 Å². The number of pyridine rings is 1. The Morgan fingerprint density at radius 1 is 0.961 bits per heavy atom. The molecule has 7 N–H and O–H groups in total. The molecule has 2 fully saturated rings. The number of halogens is 1. The number of amides is 4. The number of hydrogen-bond donors (Lipinski definition) is 5. The number of aromatic nitrogens is 5. The molecule has 15 heteroatoms. The lowest BCUT2D eigenvalue weighted by Crippen LogP contribution is -2.52. The maximum absolute atomic E-state index is 14.2. The van der Waals surface area contributed by atoms with Crippen molar-refractivity contribution in [2.45, 2.75) is 64.0 Å². The van der Waals surface area contributed by atoms with Gasteiger partial charge in [-0.15, -0.1) is 22.6 Å². The zero-order valence-corrected chi connectivity index (χ0v) is 29.2. The molecule has 6 rings (SSSR count). The molecule has 268 valence electrons. The van der Waals surface area contributed by atoms with E-state index in [9.17, 15) is 19.2 Å². The molecule has 2 aromatic heterocycles. The first-order valence-corrected chi connectivity index (χ1v) is 17.0. The van der Waals surface area contributed by atoms with Gasteiger partial charge in [0.25, 0.3) is 5.91 Å². The van der Waals surface area contributed by atoms with Crippen LogP contribution in [0.4, 0.5) is 5.69 Å². The number of tetrazole rings is 1. The van der Waals surface area contributed by atoms with Crippen LogP contribution in [0, 0.1) is 18.8 Å². The van der Waals surface area contributed by atoms with Gasteiger partial charge in [-0.25, -0.2) is 4.98 Å². The number of anilines is 1. The van der Waals surface area contributed by atoms with Gasteiger partial charge in [-0.1, -0.05) is 30.3 Å². The minimum Gasteiger partial charge on any atom is -0.368 e. The predicted octanol–water partition coefficient (Wildman–Crippen LogP) is 2.86. The van der Waals surface area contributed by atoms with Crippen LogP contribution in [-0.4, -0.2) is 74.4 Å². The Bertz CT molecular complexity index is 1830. The maximum Gasteiger partial charge on any atom is 0.270 e. The fourth-order valence-electron chi connectivity index (χ4n) is 6.86. The van der Waals surface area contributed by atoms with E-state index in [4.69, 9.17) is 11.5 Å². The Kier molecular flexibility index (Phi) is 12.1. The van der Waals surface area contributed by atoms with Crippen molar-refractivity contribution in [3.05, 3.63) is 77.6 Å². The third-order valence-electron chi connectivity index (χ3n) is 9.76. The molecule has 14 nitrogen and oxygen atoms in total. The normalized spacial score (nSPS) is 19.3. The summed E-state index contributed by atoms with van der Waals surface area (Å²) in [7, 11) is 0. The minimum atomic E-state index is -0.941. The van der Waals surface area contributed by atoms with E-state index in [0.717, 1.165) is 36.0 Å². The summed E-state index contributed by atoms with van der Waals surface area (Å²) in [6.45, 7) is 3.03. The highest BCUT2D eigenvalue weighted by Crippen LogP contribution is 2.33. The average Bonchev–Trinajstić information content (AvgIpc) is 3.68. The van der Waals surface area contributed by atoms with Gasteiger partial charge >= 0.3 is 0 Å². The Morgan fingerprint density at radius 3 is 2.27 bits per heavy atom. The summed E-state index contributed by atoms with van der Waals surface area (Å²) in [4.78, 5) is 58.3. The van der Waals surface area contributed by atoms with Crippen molar-refractivity contribution in [3.63, 3.8) is 0 Å². The molecule has 51 heavy (non-hydrogen) atoms. The fourth-order valence-corrected chi connectivity index (χ4v) is 6.86. The summed E-state index contributed by atoms with van der Waals surface area (Å²) in [6, 6.07) is 16.7. The Morgan fingerprint density at radius 2 is 1.67 bits per heavy atom. The van der Waals surface area contributed by atoms with Crippen LogP contribution < -0.4 is 27.0 Å². The van der Waals surface area contributed by atoms with Gasteiger partial charge in [0.1, 0.15) is 17.8 Å². The fraction of sp³-hybridized carbons (Fsp3) is 0.389. The number of primary amides is 1. The molecule has 0 bridgehead atoms. The van der Waals surface area contributed by atoms with E-state index in [-0.39, 0.29) is 42.3 Å². The Hall–Kier alpha value is -5.21. The number of nitrogens with zero attached hydrogens (tertiary/aromatic N) is 5. The molecule has 0 spiro atoms. The lowest BCUT2D eigenvalue weighted by Gasteiger charge is -2.35. The topological polar surface area (TPSA) is 215 Å². The predicted molar refractivity (Wildman–Crippen MR) is 193 cm³/mol. The zero-order valence-electron chi connectivity index (χ0n) is 28.4. The van der Waals surface area contributed by atoms with Gasteiger partial charge in [0.2, 0.25) is 23.5 Å². The SMILES string of the molecule is Cc1nc(C(=O)N[C@H]2CCCNC2=O)ccc1-c1ccc(C[C@@H](C(N)=O)N(C(=O)C2CCC(CN)CC2)c2ccc(-c3nn[nH]n3)cc2)cc1.Cl. The van der Waals surface area contributed by atoms with Crippen LogP contribution in [-0.2, 0) is 20.8 Å². The summed E-state index contributed by atoms with van der Waals surface area (Å²) < 4.78 is 0. The number of nitrogens with two attached hydrogens (primary N) is 2. The highest BCUT2D eigenvalue weighted by molar-refractivity contribution is 6.02. The molecule has 2 aliphatic rings. The molecule has 1 aliphatic heterocycles. The van der Waals surface area contributed by atoms with Gasteiger partial charge in [0.15, 0.2) is 0 Å². The number of aryl methyl sites for hydroxylation is 1. The second-order valence-electron chi connectivity index (χ2n) is 13.1. The first-order chi connectivity index (χ1) is 24.2. The van der Waals surface area contributed by atoms with Crippen molar-refractivity contribution in [3.8, 4) is 22.5 Å². The summed E-state index contributed by atoms with van der Waals surface area (Å²) in [5.41, 5.74) is 16.6. The third-order valence-corrected chi connectivity index (χ3v) is 9.76.